The smallest absolute Gasteiger partial charge is 0.129 e. The molecule has 2 heterocycles. The molecule has 3 rings (SSSR count). The summed E-state index contributed by atoms with van der Waals surface area (Å²) in [7, 11) is 0. The summed E-state index contributed by atoms with van der Waals surface area (Å²) in [5.74, 6) is 0.533. The molecule has 2 aromatic heterocycles. The first-order valence-electron chi connectivity index (χ1n) is 6.14. The summed E-state index contributed by atoms with van der Waals surface area (Å²) < 4.78 is 0. The van der Waals surface area contributed by atoms with E-state index in [4.69, 9.17) is 5.73 Å². The molecule has 94 valence electrons. The fourth-order valence-corrected chi connectivity index (χ4v) is 2.06. The van der Waals surface area contributed by atoms with Crippen molar-refractivity contribution in [2.45, 2.75) is 13.3 Å². The summed E-state index contributed by atoms with van der Waals surface area (Å²) in [6.07, 6.45) is 2.17. The summed E-state index contributed by atoms with van der Waals surface area (Å²) in [5, 5.41) is 1.14. The summed E-state index contributed by atoms with van der Waals surface area (Å²) in [6.45, 7) is 1.94. The lowest BCUT2D eigenvalue weighted by atomic mass is 10.1. The molecular formula is C15H14N4. The van der Waals surface area contributed by atoms with E-state index >= 15 is 0 Å². The van der Waals surface area contributed by atoms with Crippen LogP contribution in [-0.4, -0.2) is 15.0 Å². The lowest BCUT2D eigenvalue weighted by Crippen LogP contribution is -2.03. The van der Waals surface area contributed by atoms with Crippen molar-refractivity contribution in [2.24, 2.45) is 0 Å². The van der Waals surface area contributed by atoms with Crippen molar-refractivity contribution in [1.82, 2.24) is 15.0 Å². The molecule has 0 spiro atoms. The van der Waals surface area contributed by atoms with Crippen LogP contribution in [0.1, 0.15) is 17.0 Å². The predicted molar refractivity (Wildman–Crippen MR) is 75.7 cm³/mol. The van der Waals surface area contributed by atoms with E-state index in [2.05, 4.69) is 27.1 Å². The molecule has 0 aliphatic heterocycles. The van der Waals surface area contributed by atoms with Gasteiger partial charge in [-0.3, -0.25) is 4.98 Å². The molecule has 0 aliphatic rings. The Hall–Kier alpha value is -2.49. The lowest BCUT2D eigenvalue weighted by molar-refractivity contribution is 0.975. The zero-order valence-electron chi connectivity index (χ0n) is 10.7. The second kappa shape index (κ2) is 4.65. The monoisotopic (exact) mass is 250 g/mol. The van der Waals surface area contributed by atoms with Crippen LogP contribution in [0.25, 0.3) is 10.9 Å². The van der Waals surface area contributed by atoms with Gasteiger partial charge in [0.2, 0.25) is 0 Å². The van der Waals surface area contributed by atoms with Gasteiger partial charge in [0, 0.05) is 23.1 Å². The minimum atomic E-state index is 0.533. The number of hydrogen-bond donors (Lipinski definition) is 1. The molecule has 0 fully saturated rings. The highest BCUT2D eigenvalue weighted by Gasteiger charge is 2.06. The second-order valence-corrected chi connectivity index (χ2v) is 4.50. The highest BCUT2D eigenvalue weighted by atomic mass is 14.9. The van der Waals surface area contributed by atoms with Crippen molar-refractivity contribution in [3.8, 4) is 0 Å². The van der Waals surface area contributed by atoms with Crippen LogP contribution in [-0.2, 0) is 6.42 Å². The largest absolute Gasteiger partial charge is 0.383 e. The van der Waals surface area contributed by atoms with E-state index in [1.165, 1.54) is 6.33 Å². The average Bonchev–Trinajstić information content (AvgIpc) is 2.44. The number of fused-ring (bicyclic) bond motifs is 1. The van der Waals surface area contributed by atoms with Crippen LogP contribution in [0.2, 0.25) is 0 Å². The molecule has 0 saturated heterocycles. The number of anilines is 1. The van der Waals surface area contributed by atoms with Gasteiger partial charge in [0.1, 0.15) is 12.1 Å². The minimum Gasteiger partial charge on any atom is -0.383 e. The summed E-state index contributed by atoms with van der Waals surface area (Å²) in [5.41, 5.74) is 9.63. The summed E-state index contributed by atoms with van der Waals surface area (Å²) in [4.78, 5) is 12.9. The predicted octanol–water partition coefficient (Wildman–Crippen LogP) is 2.51. The lowest BCUT2D eigenvalue weighted by Gasteiger charge is -2.06. The zero-order chi connectivity index (χ0) is 13.2. The first-order valence-corrected chi connectivity index (χ1v) is 6.14. The van der Waals surface area contributed by atoms with Crippen molar-refractivity contribution in [2.75, 3.05) is 5.73 Å². The molecule has 0 bridgehead atoms. The van der Waals surface area contributed by atoms with Gasteiger partial charge in [-0.2, -0.15) is 0 Å². The molecule has 0 aliphatic carbocycles. The third kappa shape index (κ3) is 2.25. The van der Waals surface area contributed by atoms with Crippen LogP contribution in [0, 0.1) is 6.92 Å². The fraction of sp³-hybridized carbons (Fsp3) is 0.133. The number of para-hydroxylation sites is 1. The summed E-state index contributed by atoms with van der Waals surface area (Å²) >= 11 is 0. The molecule has 1 aromatic carbocycles. The number of benzene rings is 1. The Labute approximate surface area is 111 Å². The normalized spacial score (nSPS) is 10.8. The van der Waals surface area contributed by atoms with Gasteiger partial charge in [-0.15, -0.1) is 0 Å². The maximum absolute atomic E-state index is 5.79. The van der Waals surface area contributed by atoms with Gasteiger partial charge in [-0.1, -0.05) is 24.3 Å². The van der Waals surface area contributed by atoms with Gasteiger partial charge in [-0.05, 0) is 19.1 Å². The van der Waals surface area contributed by atoms with E-state index in [1.54, 1.807) is 0 Å². The maximum Gasteiger partial charge on any atom is 0.129 e. The maximum atomic E-state index is 5.79. The third-order valence-electron chi connectivity index (χ3n) is 3.23. The summed E-state index contributed by atoms with van der Waals surface area (Å²) in [6, 6.07) is 12.2. The van der Waals surface area contributed by atoms with E-state index in [0.717, 1.165) is 27.9 Å². The number of nitrogens with zero attached hydrogens (tertiary/aromatic N) is 3. The number of nitrogen functional groups attached to an aromatic ring is 1. The Bertz CT molecular complexity index is 737. The molecule has 19 heavy (non-hydrogen) atoms. The van der Waals surface area contributed by atoms with Crippen molar-refractivity contribution >= 4 is 16.7 Å². The van der Waals surface area contributed by atoms with Gasteiger partial charge >= 0.3 is 0 Å². The van der Waals surface area contributed by atoms with E-state index < -0.39 is 0 Å². The molecule has 0 saturated carbocycles. The van der Waals surface area contributed by atoms with Crippen molar-refractivity contribution in [3.05, 3.63) is 59.7 Å². The van der Waals surface area contributed by atoms with Crippen LogP contribution in [0.5, 0.6) is 0 Å². The molecule has 3 aromatic rings. The van der Waals surface area contributed by atoms with E-state index in [9.17, 15) is 0 Å². The number of rotatable bonds is 2. The number of aromatic nitrogens is 3. The van der Waals surface area contributed by atoms with Crippen LogP contribution in [0.4, 0.5) is 5.82 Å². The molecule has 0 unspecified atom stereocenters. The number of hydrogen-bond acceptors (Lipinski definition) is 4. The van der Waals surface area contributed by atoms with Gasteiger partial charge in [0.15, 0.2) is 0 Å². The molecule has 4 nitrogen and oxygen atoms in total. The molecule has 0 atom stereocenters. The number of pyridine rings is 1. The van der Waals surface area contributed by atoms with Gasteiger partial charge < -0.3 is 5.73 Å². The molecule has 2 N–H and O–H groups in total. The first-order chi connectivity index (χ1) is 9.24. The highest BCUT2D eigenvalue weighted by Crippen LogP contribution is 2.16. The Balaban J connectivity index is 1.99. The second-order valence-electron chi connectivity index (χ2n) is 4.50. The molecular weight excluding hydrogens is 236 g/mol. The van der Waals surface area contributed by atoms with Crippen LogP contribution in [0.15, 0.2) is 42.7 Å². The molecule has 0 amide bonds. The zero-order valence-corrected chi connectivity index (χ0v) is 10.7. The van der Waals surface area contributed by atoms with Crippen LogP contribution in [0.3, 0.4) is 0 Å². The average molecular weight is 250 g/mol. The van der Waals surface area contributed by atoms with Crippen molar-refractivity contribution < 1.29 is 0 Å². The standard InChI is InChI=1S/C15H14N4/c1-10-14(17-9-18-15(10)16)8-12-7-6-11-4-2-3-5-13(11)19-12/h2-7,9H,8H2,1H3,(H2,16,17,18). The topological polar surface area (TPSA) is 64.7 Å². The van der Waals surface area contributed by atoms with Gasteiger partial charge in [-0.25, -0.2) is 9.97 Å². The third-order valence-corrected chi connectivity index (χ3v) is 3.23. The van der Waals surface area contributed by atoms with Gasteiger partial charge in [0.25, 0.3) is 0 Å². The van der Waals surface area contributed by atoms with Crippen molar-refractivity contribution in [3.63, 3.8) is 0 Å². The Morgan fingerprint density at radius 2 is 1.89 bits per heavy atom. The molecule has 0 radical (unpaired) electrons. The van der Waals surface area contributed by atoms with Crippen LogP contribution < -0.4 is 5.73 Å². The Morgan fingerprint density at radius 3 is 2.79 bits per heavy atom. The molecule has 4 heteroatoms. The first kappa shape index (κ1) is 11.6. The highest BCUT2D eigenvalue weighted by molar-refractivity contribution is 5.78. The Morgan fingerprint density at radius 1 is 1.05 bits per heavy atom. The minimum absolute atomic E-state index is 0.533. The Kier molecular flexibility index (Phi) is 2.83. The van der Waals surface area contributed by atoms with E-state index in [-0.39, 0.29) is 0 Å². The van der Waals surface area contributed by atoms with Gasteiger partial charge in [0.05, 0.1) is 11.2 Å². The van der Waals surface area contributed by atoms with E-state index in [0.29, 0.717) is 12.2 Å². The number of nitrogens with two attached hydrogens (primary N) is 1. The van der Waals surface area contributed by atoms with Crippen molar-refractivity contribution in [1.29, 1.82) is 0 Å². The SMILES string of the molecule is Cc1c(N)ncnc1Cc1ccc2ccccc2n1. The quantitative estimate of drug-likeness (QED) is 0.759. The van der Waals surface area contributed by atoms with Crippen LogP contribution >= 0.6 is 0 Å². The fourth-order valence-electron chi connectivity index (χ4n) is 2.06. The van der Waals surface area contributed by atoms with E-state index in [1.807, 2.05) is 31.2 Å².